The third-order valence-corrected chi connectivity index (χ3v) is 12.0. The summed E-state index contributed by atoms with van der Waals surface area (Å²) in [5.41, 5.74) is 0. The monoisotopic (exact) mass is 880 g/mol. The van der Waals surface area contributed by atoms with Gasteiger partial charge in [0.2, 0.25) is 0 Å². The van der Waals surface area contributed by atoms with Gasteiger partial charge in [-0.05, 0) is 0 Å². The van der Waals surface area contributed by atoms with E-state index < -0.39 is 49.1 Å². The van der Waals surface area contributed by atoms with E-state index in [1.165, 1.54) is 51.4 Å². The molecule has 0 bridgehead atoms. The molecular formula is C36H44Hg2. The molecule has 0 aliphatic rings. The van der Waals surface area contributed by atoms with Gasteiger partial charge >= 0.3 is 264 Å². The Labute approximate surface area is 262 Å². The second kappa shape index (κ2) is 39.9. The Morgan fingerprint density at radius 1 is 0.289 bits per heavy atom. The zero-order valence-electron chi connectivity index (χ0n) is 23.9. The van der Waals surface area contributed by atoms with E-state index >= 15 is 0 Å². The Morgan fingerprint density at radius 3 is 0.711 bits per heavy atom. The van der Waals surface area contributed by atoms with Gasteiger partial charge in [0.05, 0.1) is 0 Å². The molecule has 2 heteroatoms. The summed E-state index contributed by atoms with van der Waals surface area (Å²) in [5, 5.41) is 0. The molecule has 0 aliphatic heterocycles. The van der Waals surface area contributed by atoms with Crippen LogP contribution in [0.3, 0.4) is 0 Å². The molecule has 0 saturated carbocycles. The minimum atomic E-state index is -1.16. The first-order valence-electron chi connectivity index (χ1n) is 14.4. The predicted octanol–water partition coefficient (Wildman–Crippen LogP) is 8.32. The molecule has 0 aromatic carbocycles. The summed E-state index contributed by atoms with van der Waals surface area (Å²) in [5.74, 6) is 23.7. The molecule has 0 nitrogen and oxygen atoms in total. The maximum atomic E-state index is 5.19. The van der Waals surface area contributed by atoms with Crippen molar-refractivity contribution in [3.05, 3.63) is 0 Å². The summed E-state index contributed by atoms with van der Waals surface area (Å²) < 4.78 is 13.3. The fourth-order valence-corrected chi connectivity index (χ4v) is 8.54. The summed E-state index contributed by atoms with van der Waals surface area (Å²) in [6.45, 7) is 0. The van der Waals surface area contributed by atoms with Crippen LogP contribution in [-0.4, -0.2) is 0 Å². The van der Waals surface area contributed by atoms with Crippen molar-refractivity contribution in [2.24, 2.45) is 0 Å². The number of hydrogen-bond acceptors (Lipinski definition) is 0. The van der Waals surface area contributed by atoms with E-state index in [1.807, 2.05) is 0 Å². The van der Waals surface area contributed by atoms with E-state index in [0.29, 0.717) is 0 Å². The average Bonchev–Trinajstić information content (AvgIpc) is 2.93. The van der Waals surface area contributed by atoms with Crippen LogP contribution < -0.4 is 0 Å². The molecule has 0 atom stereocenters. The molecular weight excluding hydrogens is 834 g/mol. The first-order chi connectivity index (χ1) is 18.8. The van der Waals surface area contributed by atoms with Crippen molar-refractivity contribution in [3.63, 3.8) is 0 Å². The van der Waals surface area contributed by atoms with E-state index in [1.54, 1.807) is 0 Å². The topological polar surface area (TPSA) is 0 Å². The fourth-order valence-electron chi connectivity index (χ4n) is 3.16. The van der Waals surface area contributed by atoms with Gasteiger partial charge in [0.25, 0.3) is 0 Å². The van der Waals surface area contributed by atoms with Crippen LogP contribution in [0.5, 0.6) is 0 Å². The molecule has 0 unspecified atom stereocenters. The van der Waals surface area contributed by atoms with Gasteiger partial charge in [-0.2, -0.15) is 0 Å². The van der Waals surface area contributed by atoms with Crippen molar-refractivity contribution in [3.8, 4) is 86.8 Å². The van der Waals surface area contributed by atoms with Gasteiger partial charge in [-0.3, -0.25) is 0 Å². The minimum absolute atomic E-state index is 0.903. The Hall–Kier alpha value is -1.65. The van der Waals surface area contributed by atoms with Gasteiger partial charge in [-0.1, -0.05) is 0 Å². The van der Waals surface area contributed by atoms with Crippen molar-refractivity contribution in [2.75, 3.05) is 0 Å². The van der Waals surface area contributed by atoms with Crippen LogP contribution in [0, 0.1) is 86.8 Å². The molecule has 192 valence electrons. The molecule has 0 rings (SSSR count). The van der Waals surface area contributed by atoms with E-state index in [4.69, 9.17) is 25.7 Å². The Morgan fingerprint density at radius 2 is 0.500 bits per heavy atom. The molecule has 38 heavy (non-hydrogen) atoms. The van der Waals surface area contributed by atoms with Crippen LogP contribution >= 0.6 is 0 Å². The fraction of sp³-hybridized carbons (Fsp3) is 0.556. The van der Waals surface area contributed by atoms with E-state index in [2.05, 4.69) is 61.1 Å². The third kappa shape index (κ3) is 41.5. The van der Waals surface area contributed by atoms with Crippen molar-refractivity contribution in [2.45, 2.75) is 128 Å². The quantitative estimate of drug-likeness (QED) is 0.0833. The van der Waals surface area contributed by atoms with Gasteiger partial charge in [0, 0.05) is 0 Å². The molecule has 0 spiro atoms. The SMILES string of the molecule is C#CCCCCCC#[C][Hg][C]#CCCCCCC#C.C#CCCCCCC#[C][Hg][C]#CCCCCCC#C. The van der Waals surface area contributed by atoms with Gasteiger partial charge in [-0.25, -0.2) is 0 Å². The van der Waals surface area contributed by atoms with Gasteiger partial charge in [0.15, 0.2) is 0 Å². The summed E-state index contributed by atoms with van der Waals surface area (Å²) in [4.78, 5) is 0. The first-order valence-corrected chi connectivity index (χ1v) is 25.4. The van der Waals surface area contributed by atoms with Crippen LogP contribution in [0.15, 0.2) is 0 Å². The van der Waals surface area contributed by atoms with Crippen LogP contribution in [0.2, 0.25) is 0 Å². The molecule has 0 saturated heterocycles. The zero-order valence-corrected chi connectivity index (χ0v) is 34.9. The maximum absolute atomic E-state index is 5.19. The van der Waals surface area contributed by atoms with E-state index in [-0.39, 0.29) is 0 Å². The molecule has 0 fully saturated rings. The van der Waals surface area contributed by atoms with Crippen LogP contribution in [0.25, 0.3) is 0 Å². The van der Waals surface area contributed by atoms with Crippen molar-refractivity contribution in [1.29, 1.82) is 0 Å². The molecule has 0 aromatic rings. The molecule has 0 radical (unpaired) electrons. The summed E-state index contributed by atoms with van der Waals surface area (Å²) in [7, 11) is 0. The van der Waals surface area contributed by atoms with Gasteiger partial charge in [0.1, 0.15) is 0 Å². The number of terminal acetylenes is 4. The van der Waals surface area contributed by atoms with E-state index in [0.717, 1.165) is 77.0 Å². The number of hydrogen-bond donors (Lipinski definition) is 0. The second-order valence-corrected chi connectivity index (χ2v) is 17.1. The van der Waals surface area contributed by atoms with Crippen LogP contribution in [0.1, 0.15) is 128 Å². The Balaban J connectivity index is 0. The van der Waals surface area contributed by atoms with Crippen molar-refractivity contribution < 1.29 is 49.1 Å². The van der Waals surface area contributed by atoms with Crippen LogP contribution in [0.4, 0.5) is 0 Å². The molecule has 0 aliphatic carbocycles. The number of rotatable bonds is 16. The number of unbranched alkanes of at least 4 members (excludes halogenated alkanes) is 16. The Bertz CT molecular complexity index is 797. The third-order valence-electron chi connectivity index (χ3n) is 5.35. The summed E-state index contributed by atoms with van der Waals surface area (Å²) >= 11 is -2.33. The first kappa shape index (κ1) is 38.5. The van der Waals surface area contributed by atoms with E-state index in [9.17, 15) is 0 Å². The normalized spacial score (nSPS) is 7.89. The molecule has 0 aromatic heterocycles. The zero-order chi connectivity index (χ0) is 28.0. The second-order valence-electron chi connectivity index (χ2n) is 8.83. The van der Waals surface area contributed by atoms with Gasteiger partial charge in [-0.15, -0.1) is 0 Å². The van der Waals surface area contributed by atoms with Crippen molar-refractivity contribution >= 4 is 0 Å². The molecule has 0 N–H and O–H groups in total. The standard InChI is InChI=1S/4C9H11.2Hg/c4*1-3-5-7-9-8-6-4-2;;/h4*1H,5-9H2;;. The Kier molecular flexibility index (Phi) is 40.4. The van der Waals surface area contributed by atoms with Crippen molar-refractivity contribution in [1.82, 2.24) is 0 Å². The predicted molar refractivity (Wildman–Crippen MR) is 159 cm³/mol. The molecule has 0 amide bonds. The average molecular weight is 878 g/mol. The summed E-state index contributed by atoms with van der Waals surface area (Å²) in [6.07, 6.45) is 42.6. The molecule has 0 heterocycles. The summed E-state index contributed by atoms with van der Waals surface area (Å²) in [6, 6.07) is 0. The van der Waals surface area contributed by atoms with Gasteiger partial charge < -0.3 is 0 Å². The van der Waals surface area contributed by atoms with Crippen LogP contribution in [-0.2, 0) is 49.1 Å².